The van der Waals surface area contributed by atoms with Gasteiger partial charge in [0, 0.05) is 6.54 Å². The SMILES string of the molecule is CCc1ccc(C2C(=N)NC(=O)N2CC2CC2)cc1. The van der Waals surface area contributed by atoms with Gasteiger partial charge in [0.1, 0.15) is 11.9 Å². The van der Waals surface area contributed by atoms with E-state index < -0.39 is 0 Å². The number of amidine groups is 1. The van der Waals surface area contributed by atoms with Gasteiger partial charge in [-0.05, 0) is 36.3 Å². The predicted molar refractivity (Wildman–Crippen MR) is 74.2 cm³/mol. The molecule has 1 aliphatic carbocycles. The second-order valence-corrected chi connectivity index (χ2v) is 5.44. The largest absolute Gasteiger partial charge is 0.323 e. The molecular weight excluding hydrogens is 238 g/mol. The quantitative estimate of drug-likeness (QED) is 0.856. The molecule has 1 saturated heterocycles. The molecule has 0 radical (unpaired) electrons. The van der Waals surface area contributed by atoms with Gasteiger partial charge >= 0.3 is 6.03 Å². The van der Waals surface area contributed by atoms with Gasteiger partial charge in [0.25, 0.3) is 0 Å². The summed E-state index contributed by atoms with van der Waals surface area (Å²) < 4.78 is 0. The van der Waals surface area contributed by atoms with Crippen molar-refractivity contribution in [2.75, 3.05) is 6.54 Å². The van der Waals surface area contributed by atoms with Crippen LogP contribution in [0.3, 0.4) is 0 Å². The van der Waals surface area contributed by atoms with Crippen LogP contribution in [0.4, 0.5) is 4.79 Å². The van der Waals surface area contributed by atoms with Crippen LogP contribution >= 0.6 is 0 Å². The summed E-state index contributed by atoms with van der Waals surface area (Å²) in [5, 5.41) is 10.6. The van der Waals surface area contributed by atoms with Crippen LogP contribution in [-0.4, -0.2) is 23.3 Å². The molecule has 1 saturated carbocycles. The van der Waals surface area contributed by atoms with Crippen LogP contribution in [0.1, 0.15) is 36.9 Å². The van der Waals surface area contributed by atoms with E-state index in [1.54, 1.807) is 4.90 Å². The third-order valence-electron chi connectivity index (χ3n) is 3.94. The maximum atomic E-state index is 11.9. The molecule has 4 heteroatoms. The van der Waals surface area contributed by atoms with Crippen molar-refractivity contribution < 1.29 is 4.79 Å². The van der Waals surface area contributed by atoms with Crippen molar-refractivity contribution in [1.29, 1.82) is 5.41 Å². The highest BCUT2D eigenvalue weighted by atomic mass is 16.2. The predicted octanol–water partition coefficient (Wildman–Crippen LogP) is 2.70. The van der Waals surface area contributed by atoms with E-state index >= 15 is 0 Å². The van der Waals surface area contributed by atoms with Gasteiger partial charge in [-0.2, -0.15) is 0 Å². The fourth-order valence-corrected chi connectivity index (χ4v) is 2.58. The Morgan fingerprint density at radius 1 is 1.32 bits per heavy atom. The minimum absolute atomic E-state index is 0.124. The van der Waals surface area contributed by atoms with E-state index in [1.165, 1.54) is 18.4 Å². The fraction of sp³-hybridized carbons (Fsp3) is 0.467. The molecule has 1 unspecified atom stereocenters. The third-order valence-corrected chi connectivity index (χ3v) is 3.94. The molecule has 0 spiro atoms. The standard InChI is InChI=1S/C15H19N3O/c1-2-10-5-7-12(8-6-10)13-14(16)17-15(19)18(13)9-11-3-4-11/h5-8,11,13H,2-4,9H2,1H3,(H2,16,17,19). The number of nitrogens with one attached hydrogen (secondary N) is 2. The van der Waals surface area contributed by atoms with Crippen LogP contribution in [0.2, 0.25) is 0 Å². The lowest BCUT2D eigenvalue weighted by Gasteiger charge is -2.23. The molecular formula is C15H19N3O. The lowest BCUT2D eigenvalue weighted by atomic mass is 10.0. The van der Waals surface area contributed by atoms with Crippen molar-refractivity contribution in [2.45, 2.75) is 32.2 Å². The molecule has 19 heavy (non-hydrogen) atoms. The van der Waals surface area contributed by atoms with Crippen molar-refractivity contribution in [2.24, 2.45) is 5.92 Å². The molecule has 2 amide bonds. The van der Waals surface area contributed by atoms with Crippen LogP contribution in [0.15, 0.2) is 24.3 Å². The number of amides is 2. The summed E-state index contributed by atoms with van der Waals surface area (Å²) in [4.78, 5) is 13.7. The second-order valence-electron chi connectivity index (χ2n) is 5.44. The van der Waals surface area contributed by atoms with E-state index in [2.05, 4.69) is 24.4 Å². The highest BCUT2D eigenvalue weighted by Crippen LogP contribution is 2.34. The second kappa shape index (κ2) is 4.68. The maximum Gasteiger partial charge on any atom is 0.323 e. The number of urea groups is 1. The molecule has 0 aromatic heterocycles. The van der Waals surface area contributed by atoms with Gasteiger partial charge in [-0.1, -0.05) is 31.2 Å². The topological polar surface area (TPSA) is 56.2 Å². The van der Waals surface area contributed by atoms with Crippen molar-refractivity contribution in [3.63, 3.8) is 0 Å². The summed E-state index contributed by atoms with van der Waals surface area (Å²) in [6.07, 6.45) is 3.42. The number of rotatable bonds is 4. The van der Waals surface area contributed by atoms with E-state index in [-0.39, 0.29) is 12.1 Å². The maximum absolute atomic E-state index is 11.9. The number of carbonyl (C=O) groups is 1. The Hall–Kier alpha value is -1.84. The summed E-state index contributed by atoms with van der Waals surface area (Å²) in [5.41, 5.74) is 2.31. The van der Waals surface area contributed by atoms with E-state index in [1.807, 2.05) is 12.1 Å². The van der Waals surface area contributed by atoms with E-state index in [0.29, 0.717) is 11.8 Å². The summed E-state index contributed by atoms with van der Waals surface area (Å²) in [6, 6.07) is 7.90. The van der Waals surface area contributed by atoms with Crippen LogP contribution in [0, 0.1) is 11.3 Å². The number of benzene rings is 1. The average molecular weight is 257 g/mol. The van der Waals surface area contributed by atoms with Gasteiger partial charge in [-0.3, -0.25) is 10.7 Å². The number of aryl methyl sites for hydroxylation is 1. The molecule has 4 nitrogen and oxygen atoms in total. The van der Waals surface area contributed by atoms with Crippen molar-refractivity contribution in [3.05, 3.63) is 35.4 Å². The Bertz CT molecular complexity index is 505. The van der Waals surface area contributed by atoms with E-state index in [0.717, 1.165) is 18.5 Å². The van der Waals surface area contributed by atoms with Gasteiger partial charge in [-0.15, -0.1) is 0 Å². The highest BCUT2D eigenvalue weighted by Gasteiger charge is 2.39. The minimum Gasteiger partial charge on any atom is -0.310 e. The Labute approximate surface area is 113 Å². The van der Waals surface area contributed by atoms with Gasteiger partial charge in [0.05, 0.1) is 0 Å². The van der Waals surface area contributed by atoms with Gasteiger partial charge in [0.2, 0.25) is 0 Å². The molecule has 2 N–H and O–H groups in total. The van der Waals surface area contributed by atoms with Crippen molar-refractivity contribution in [1.82, 2.24) is 10.2 Å². The molecule has 3 rings (SSSR count). The number of hydrogen-bond donors (Lipinski definition) is 2. The van der Waals surface area contributed by atoms with Gasteiger partial charge in [0.15, 0.2) is 0 Å². The Balaban J connectivity index is 1.85. The van der Waals surface area contributed by atoms with Gasteiger partial charge < -0.3 is 4.90 Å². The number of carbonyl (C=O) groups excluding carboxylic acids is 1. The average Bonchev–Trinajstić information content (AvgIpc) is 3.17. The molecule has 100 valence electrons. The van der Waals surface area contributed by atoms with Crippen LogP contribution in [-0.2, 0) is 6.42 Å². The summed E-state index contributed by atoms with van der Waals surface area (Å²) in [6.45, 7) is 2.89. The summed E-state index contributed by atoms with van der Waals surface area (Å²) in [7, 11) is 0. The third kappa shape index (κ3) is 2.35. The molecule has 1 aliphatic heterocycles. The fourth-order valence-electron chi connectivity index (χ4n) is 2.58. The molecule has 1 aromatic rings. The molecule has 1 aromatic carbocycles. The zero-order chi connectivity index (χ0) is 13.4. The minimum atomic E-state index is -0.223. The smallest absolute Gasteiger partial charge is 0.310 e. The zero-order valence-corrected chi connectivity index (χ0v) is 11.1. The van der Waals surface area contributed by atoms with E-state index in [9.17, 15) is 4.79 Å². The molecule has 0 bridgehead atoms. The van der Waals surface area contributed by atoms with Gasteiger partial charge in [-0.25, -0.2) is 4.79 Å². The summed E-state index contributed by atoms with van der Waals surface area (Å²) >= 11 is 0. The zero-order valence-electron chi connectivity index (χ0n) is 11.1. The van der Waals surface area contributed by atoms with Crippen LogP contribution < -0.4 is 5.32 Å². The first-order valence-electron chi connectivity index (χ1n) is 6.94. The van der Waals surface area contributed by atoms with Crippen LogP contribution in [0.25, 0.3) is 0 Å². The first-order chi connectivity index (χ1) is 9.19. The van der Waals surface area contributed by atoms with Crippen LogP contribution in [0.5, 0.6) is 0 Å². The normalized spacial score (nSPS) is 22.8. The van der Waals surface area contributed by atoms with Crippen molar-refractivity contribution in [3.8, 4) is 0 Å². The Kier molecular flexibility index (Phi) is 3.01. The molecule has 2 aliphatic rings. The molecule has 1 heterocycles. The lowest BCUT2D eigenvalue weighted by Crippen LogP contribution is -2.31. The number of hydrogen-bond acceptors (Lipinski definition) is 2. The van der Waals surface area contributed by atoms with Crippen molar-refractivity contribution >= 4 is 11.9 Å². The Morgan fingerprint density at radius 2 is 2.00 bits per heavy atom. The first kappa shape index (κ1) is 12.2. The number of nitrogens with zero attached hydrogens (tertiary/aromatic N) is 1. The molecule has 2 fully saturated rings. The Morgan fingerprint density at radius 3 is 2.58 bits per heavy atom. The van der Waals surface area contributed by atoms with E-state index in [4.69, 9.17) is 5.41 Å². The summed E-state index contributed by atoms with van der Waals surface area (Å²) in [5.74, 6) is 0.934. The highest BCUT2D eigenvalue weighted by molar-refractivity contribution is 6.06. The molecule has 1 atom stereocenters. The monoisotopic (exact) mass is 257 g/mol. The first-order valence-corrected chi connectivity index (χ1v) is 6.94. The lowest BCUT2D eigenvalue weighted by molar-refractivity contribution is 0.203.